The Bertz CT molecular complexity index is 502. The van der Waals surface area contributed by atoms with Crippen LogP contribution in [0.25, 0.3) is 11.3 Å². The summed E-state index contributed by atoms with van der Waals surface area (Å²) < 4.78 is 1.82. The monoisotopic (exact) mass is 284 g/mol. The molecule has 1 aliphatic rings. The van der Waals surface area contributed by atoms with Gasteiger partial charge in [-0.2, -0.15) is 5.10 Å². The molecule has 0 atom stereocenters. The Morgan fingerprint density at radius 2 is 2.17 bits per heavy atom. The van der Waals surface area contributed by atoms with Crippen LogP contribution >= 0.6 is 23.7 Å². The van der Waals surface area contributed by atoms with Gasteiger partial charge in [-0.15, -0.1) is 23.7 Å². The fourth-order valence-electron chi connectivity index (χ4n) is 2.23. The van der Waals surface area contributed by atoms with Gasteiger partial charge in [0.25, 0.3) is 0 Å². The smallest absolute Gasteiger partial charge is 0.0964 e. The van der Waals surface area contributed by atoms with Crippen molar-refractivity contribution in [3.8, 4) is 11.3 Å². The van der Waals surface area contributed by atoms with E-state index < -0.39 is 0 Å². The van der Waals surface area contributed by atoms with Crippen molar-refractivity contribution >= 4 is 23.7 Å². The first-order chi connectivity index (χ1) is 8.33. The number of rotatable bonds is 2. The Labute approximate surface area is 117 Å². The van der Waals surface area contributed by atoms with Gasteiger partial charge in [0.1, 0.15) is 0 Å². The van der Waals surface area contributed by atoms with Crippen molar-refractivity contribution in [3.63, 3.8) is 0 Å². The number of hydrogen-bond donors (Lipinski definition) is 1. The molecule has 1 N–H and O–H groups in total. The van der Waals surface area contributed by atoms with Gasteiger partial charge in [0.2, 0.25) is 0 Å². The minimum atomic E-state index is 0. The lowest BCUT2D eigenvalue weighted by Gasteiger charge is -2.20. The Morgan fingerprint density at radius 1 is 1.39 bits per heavy atom. The van der Waals surface area contributed by atoms with Crippen LogP contribution in [0, 0.1) is 0 Å². The summed E-state index contributed by atoms with van der Waals surface area (Å²) in [7, 11) is 1.93. The standard InChI is InChI=1S/C12H16N4S.ClH/c1-16-7-10(6-14-16)11-8-17-12(15-11)9-2-4-13-5-3-9;/h6-9,13H,2-5H2,1H3;1H. The molecule has 0 saturated carbocycles. The van der Waals surface area contributed by atoms with Crippen LogP contribution in [0.1, 0.15) is 23.8 Å². The summed E-state index contributed by atoms with van der Waals surface area (Å²) in [5, 5.41) is 11.0. The number of aromatic nitrogens is 3. The third kappa shape index (κ3) is 2.74. The van der Waals surface area contributed by atoms with E-state index in [2.05, 4.69) is 15.8 Å². The van der Waals surface area contributed by atoms with Crippen LogP contribution in [-0.2, 0) is 7.05 Å². The van der Waals surface area contributed by atoms with Crippen molar-refractivity contribution in [1.82, 2.24) is 20.1 Å². The van der Waals surface area contributed by atoms with E-state index in [-0.39, 0.29) is 12.4 Å². The van der Waals surface area contributed by atoms with E-state index in [4.69, 9.17) is 4.98 Å². The van der Waals surface area contributed by atoms with E-state index in [0.29, 0.717) is 5.92 Å². The number of halogens is 1. The summed E-state index contributed by atoms with van der Waals surface area (Å²) in [5.74, 6) is 0.645. The molecule has 98 valence electrons. The summed E-state index contributed by atoms with van der Waals surface area (Å²) in [6.45, 7) is 2.24. The molecule has 2 aromatic rings. The van der Waals surface area contributed by atoms with E-state index in [1.165, 1.54) is 17.8 Å². The number of thiazole rings is 1. The summed E-state index contributed by atoms with van der Waals surface area (Å²) in [5.41, 5.74) is 2.18. The Kier molecular flexibility index (Phi) is 4.37. The van der Waals surface area contributed by atoms with Gasteiger partial charge >= 0.3 is 0 Å². The van der Waals surface area contributed by atoms with Crippen molar-refractivity contribution in [1.29, 1.82) is 0 Å². The average Bonchev–Trinajstić information content (AvgIpc) is 2.98. The fraction of sp³-hybridized carbons (Fsp3) is 0.500. The van der Waals surface area contributed by atoms with Gasteiger partial charge in [-0.05, 0) is 25.9 Å². The van der Waals surface area contributed by atoms with E-state index in [9.17, 15) is 0 Å². The first-order valence-corrected chi connectivity index (χ1v) is 6.86. The molecule has 4 nitrogen and oxygen atoms in total. The number of nitrogens with zero attached hydrogens (tertiary/aromatic N) is 3. The van der Waals surface area contributed by atoms with E-state index in [0.717, 1.165) is 24.3 Å². The fourth-order valence-corrected chi connectivity index (χ4v) is 3.23. The van der Waals surface area contributed by atoms with Crippen LogP contribution < -0.4 is 5.32 Å². The van der Waals surface area contributed by atoms with Crippen LogP contribution in [0.4, 0.5) is 0 Å². The molecule has 18 heavy (non-hydrogen) atoms. The van der Waals surface area contributed by atoms with Crippen molar-refractivity contribution in [2.24, 2.45) is 7.05 Å². The molecule has 2 aromatic heterocycles. The Morgan fingerprint density at radius 3 is 2.83 bits per heavy atom. The van der Waals surface area contributed by atoms with Crippen molar-refractivity contribution in [2.45, 2.75) is 18.8 Å². The Balaban J connectivity index is 0.00000120. The molecule has 0 amide bonds. The van der Waals surface area contributed by atoms with Crippen LogP contribution in [0.15, 0.2) is 17.8 Å². The van der Waals surface area contributed by atoms with Gasteiger partial charge < -0.3 is 5.32 Å². The number of aryl methyl sites for hydroxylation is 1. The number of nitrogens with one attached hydrogen (secondary N) is 1. The number of piperidine rings is 1. The van der Waals surface area contributed by atoms with Gasteiger partial charge in [-0.3, -0.25) is 4.68 Å². The zero-order valence-electron chi connectivity index (χ0n) is 10.3. The predicted molar refractivity (Wildman–Crippen MR) is 76.4 cm³/mol. The zero-order chi connectivity index (χ0) is 11.7. The lowest BCUT2D eigenvalue weighted by Crippen LogP contribution is -2.26. The van der Waals surface area contributed by atoms with Crippen LogP contribution in [0.3, 0.4) is 0 Å². The first kappa shape index (κ1) is 13.5. The second kappa shape index (κ2) is 5.82. The van der Waals surface area contributed by atoms with Gasteiger partial charge in [-0.1, -0.05) is 0 Å². The predicted octanol–water partition coefficient (Wildman–Crippen LogP) is 2.43. The highest BCUT2D eigenvalue weighted by molar-refractivity contribution is 7.10. The normalized spacial score (nSPS) is 16.5. The third-order valence-corrected chi connectivity index (χ3v) is 4.22. The summed E-state index contributed by atoms with van der Waals surface area (Å²) in [6.07, 6.45) is 6.31. The summed E-state index contributed by atoms with van der Waals surface area (Å²) in [4.78, 5) is 4.75. The van der Waals surface area contributed by atoms with Crippen molar-refractivity contribution < 1.29 is 0 Å². The van der Waals surface area contributed by atoms with Gasteiger partial charge in [0.15, 0.2) is 0 Å². The largest absolute Gasteiger partial charge is 0.317 e. The lowest BCUT2D eigenvalue weighted by molar-refractivity contribution is 0.459. The van der Waals surface area contributed by atoms with Crippen LogP contribution in [0.5, 0.6) is 0 Å². The van der Waals surface area contributed by atoms with E-state index >= 15 is 0 Å². The highest BCUT2D eigenvalue weighted by atomic mass is 35.5. The highest BCUT2D eigenvalue weighted by Crippen LogP contribution is 2.30. The minimum Gasteiger partial charge on any atom is -0.317 e. The molecular formula is C12H17ClN4S. The van der Waals surface area contributed by atoms with E-state index in [1.54, 1.807) is 11.3 Å². The molecule has 0 spiro atoms. The molecular weight excluding hydrogens is 268 g/mol. The second-order valence-corrected chi connectivity index (χ2v) is 5.39. The molecule has 6 heteroatoms. The lowest BCUT2D eigenvalue weighted by atomic mass is 9.99. The SMILES string of the molecule is Cl.Cn1cc(-c2csc(C3CCNCC3)n2)cn1. The van der Waals surface area contributed by atoms with Crippen LogP contribution in [-0.4, -0.2) is 27.9 Å². The molecule has 3 heterocycles. The molecule has 1 fully saturated rings. The first-order valence-electron chi connectivity index (χ1n) is 5.98. The molecule has 0 radical (unpaired) electrons. The van der Waals surface area contributed by atoms with Crippen molar-refractivity contribution in [2.75, 3.05) is 13.1 Å². The molecule has 0 aromatic carbocycles. The molecule has 1 saturated heterocycles. The maximum Gasteiger partial charge on any atom is 0.0964 e. The average molecular weight is 285 g/mol. The second-order valence-electron chi connectivity index (χ2n) is 4.50. The molecule has 0 unspecified atom stereocenters. The maximum atomic E-state index is 4.75. The minimum absolute atomic E-state index is 0. The van der Waals surface area contributed by atoms with Crippen molar-refractivity contribution in [3.05, 3.63) is 22.8 Å². The summed E-state index contributed by atoms with van der Waals surface area (Å²) in [6, 6.07) is 0. The zero-order valence-corrected chi connectivity index (χ0v) is 11.9. The molecule has 0 aliphatic carbocycles. The van der Waals surface area contributed by atoms with Gasteiger partial charge in [-0.25, -0.2) is 4.98 Å². The molecule has 3 rings (SSSR count). The Hall–Kier alpha value is -0.910. The van der Waals surface area contributed by atoms with E-state index in [1.807, 2.05) is 24.1 Å². The van der Waals surface area contributed by atoms with Gasteiger partial charge in [0, 0.05) is 30.1 Å². The number of hydrogen-bond acceptors (Lipinski definition) is 4. The summed E-state index contributed by atoms with van der Waals surface area (Å²) >= 11 is 1.78. The quantitative estimate of drug-likeness (QED) is 0.921. The molecule has 0 bridgehead atoms. The molecule has 1 aliphatic heterocycles. The third-order valence-electron chi connectivity index (χ3n) is 3.21. The van der Waals surface area contributed by atoms with Gasteiger partial charge in [0.05, 0.1) is 16.9 Å². The van der Waals surface area contributed by atoms with Crippen LogP contribution in [0.2, 0.25) is 0 Å². The maximum absolute atomic E-state index is 4.75. The topological polar surface area (TPSA) is 42.7 Å². The highest BCUT2D eigenvalue weighted by Gasteiger charge is 2.18.